The van der Waals surface area contributed by atoms with E-state index < -0.39 is 0 Å². The molecule has 1 fully saturated rings. The topological polar surface area (TPSA) is 3.24 Å². The maximum atomic E-state index is 3.47. The summed E-state index contributed by atoms with van der Waals surface area (Å²) < 4.78 is 1.17. The first-order chi connectivity index (χ1) is 7.75. The predicted octanol–water partition coefficient (Wildman–Crippen LogP) is 3.87. The van der Waals surface area contributed by atoms with E-state index in [9.17, 15) is 0 Å². The zero-order chi connectivity index (χ0) is 11.4. The first kappa shape index (κ1) is 12.1. The number of likely N-dealkylation sites (N-methyl/N-ethyl adjacent to an activating group) is 1. The largest absolute Gasteiger partial charge is 0.303 e. The van der Waals surface area contributed by atoms with Gasteiger partial charge in [-0.15, -0.1) is 0 Å². The second kappa shape index (κ2) is 5.83. The molecule has 88 valence electrons. The molecule has 1 saturated carbocycles. The van der Waals surface area contributed by atoms with Crippen LogP contribution in [0.3, 0.4) is 0 Å². The number of nitrogens with zero attached hydrogens (tertiary/aromatic N) is 1. The lowest BCUT2D eigenvalue weighted by Gasteiger charge is -2.23. The van der Waals surface area contributed by atoms with Crippen molar-refractivity contribution in [3.8, 4) is 0 Å². The molecule has 2 heteroatoms. The Balaban J connectivity index is 1.80. The Morgan fingerprint density at radius 2 is 1.81 bits per heavy atom. The molecular formula is C14H20BrN. The van der Waals surface area contributed by atoms with Gasteiger partial charge < -0.3 is 4.90 Å². The molecule has 0 saturated heterocycles. The summed E-state index contributed by atoms with van der Waals surface area (Å²) in [5, 5.41) is 0. The Labute approximate surface area is 107 Å². The van der Waals surface area contributed by atoms with E-state index in [1.165, 1.54) is 48.7 Å². The van der Waals surface area contributed by atoms with Crippen LogP contribution in [-0.4, -0.2) is 24.5 Å². The highest BCUT2D eigenvalue weighted by molar-refractivity contribution is 9.10. The smallest absolute Gasteiger partial charge is 0.0175 e. The van der Waals surface area contributed by atoms with Crippen LogP contribution in [0, 0.1) is 0 Å². The van der Waals surface area contributed by atoms with Gasteiger partial charge in [-0.05, 0) is 44.0 Å². The molecule has 1 aromatic rings. The summed E-state index contributed by atoms with van der Waals surface area (Å²) in [5.74, 6) is 0. The highest BCUT2D eigenvalue weighted by atomic mass is 79.9. The van der Waals surface area contributed by atoms with E-state index in [1.54, 1.807) is 0 Å². The second-order valence-electron chi connectivity index (χ2n) is 4.80. The third-order valence-electron chi connectivity index (χ3n) is 3.61. The van der Waals surface area contributed by atoms with E-state index in [0.29, 0.717) is 0 Å². The summed E-state index contributed by atoms with van der Waals surface area (Å²) in [6, 6.07) is 9.53. The summed E-state index contributed by atoms with van der Waals surface area (Å²) in [5.41, 5.74) is 1.44. The van der Waals surface area contributed by atoms with Crippen molar-refractivity contribution in [2.24, 2.45) is 0 Å². The Morgan fingerprint density at radius 1 is 1.19 bits per heavy atom. The minimum absolute atomic E-state index is 0.843. The fourth-order valence-electron chi connectivity index (χ4n) is 2.48. The summed E-state index contributed by atoms with van der Waals surface area (Å²) in [6.07, 6.45) is 6.81. The maximum Gasteiger partial charge on any atom is 0.0175 e. The van der Waals surface area contributed by atoms with E-state index in [2.05, 4.69) is 52.1 Å². The van der Waals surface area contributed by atoms with Gasteiger partial charge in [0, 0.05) is 17.1 Å². The SMILES string of the molecule is CN(CCc1ccc(Br)cc1)C1CCCC1. The molecule has 16 heavy (non-hydrogen) atoms. The van der Waals surface area contributed by atoms with Crippen molar-refractivity contribution in [3.05, 3.63) is 34.3 Å². The molecule has 0 aromatic heterocycles. The van der Waals surface area contributed by atoms with E-state index in [1.807, 2.05) is 0 Å². The van der Waals surface area contributed by atoms with Crippen LogP contribution in [0.2, 0.25) is 0 Å². The van der Waals surface area contributed by atoms with Crippen molar-refractivity contribution in [2.45, 2.75) is 38.1 Å². The molecule has 1 nitrogen and oxygen atoms in total. The van der Waals surface area contributed by atoms with Crippen LogP contribution in [0.1, 0.15) is 31.2 Å². The van der Waals surface area contributed by atoms with Gasteiger partial charge >= 0.3 is 0 Å². The van der Waals surface area contributed by atoms with Gasteiger partial charge in [-0.3, -0.25) is 0 Å². The van der Waals surface area contributed by atoms with Crippen molar-refractivity contribution in [1.29, 1.82) is 0 Å². The Morgan fingerprint density at radius 3 is 2.44 bits per heavy atom. The Hall–Kier alpha value is -0.340. The molecule has 0 N–H and O–H groups in total. The van der Waals surface area contributed by atoms with Gasteiger partial charge in [-0.1, -0.05) is 40.9 Å². The summed E-state index contributed by atoms with van der Waals surface area (Å²) in [7, 11) is 2.27. The zero-order valence-electron chi connectivity index (χ0n) is 9.95. The van der Waals surface area contributed by atoms with Crippen molar-refractivity contribution >= 4 is 15.9 Å². The van der Waals surface area contributed by atoms with Crippen LogP contribution in [0.5, 0.6) is 0 Å². The standard InChI is InChI=1S/C14H20BrN/c1-16(14-4-2-3-5-14)11-10-12-6-8-13(15)9-7-12/h6-9,14H,2-5,10-11H2,1H3. The maximum absolute atomic E-state index is 3.47. The lowest BCUT2D eigenvalue weighted by atomic mass is 10.1. The molecule has 1 aliphatic carbocycles. The fraction of sp³-hybridized carbons (Fsp3) is 0.571. The third-order valence-corrected chi connectivity index (χ3v) is 4.14. The summed E-state index contributed by atoms with van der Waals surface area (Å²) >= 11 is 3.47. The van der Waals surface area contributed by atoms with Crippen molar-refractivity contribution in [2.75, 3.05) is 13.6 Å². The van der Waals surface area contributed by atoms with Gasteiger partial charge in [0.05, 0.1) is 0 Å². The van der Waals surface area contributed by atoms with Gasteiger partial charge in [-0.2, -0.15) is 0 Å². The monoisotopic (exact) mass is 281 g/mol. The number of rotatable bonds is 4. The quantitative estimate of drug-likeness (QED) is 0.810. The summed E-state index contributed by atoms with van der Waals surface area (Å²) in [4.78, 5) is 2.54. The van der Waals surface area contributed by atoms with Gasteiger partial charge in [0.1, 0.15) is 0 Å². The van der Waals surface area contributed by atoms with Crippen LogP contribution in [0.15, 0.2) is 28.7 Å². The average Bonchev–Trinajstić information content (AvgIpc) is 2.81. The van der Waals surface area contributed by atoms with Crippen LogP contribution in [-0.2, 0) is 6.42 Å². The highest BCUT2D eigenvalue weighted by Crippen LogP contribution is 2.22. The van der Waals surface area contributed by atoms with Gasteiger partial charge in [0.15, 0.2) is 0 Å². The first-order valence-electron chi connectivity index (χ1n) is 6.20. The number of hydrogen-bond acceptors (Lipinski definition) is 1. The van der Waals surface area contributed by atoms with Crippen LogP contribution >= 0.6 is 15.9 Å². The van der Waals surface area contributed by atoms with E-state index in [0.717, 1.165) is 6.04 Å². The Bertz CT molecular complexity index is 314. The molecule has 0 heterocycles. The van der Waals surface area contributed by atoms with Gasteiger partial charge in [-0.25, -0.2) is 0 Å². The summed E-state index contributed by atoms with van der Waals surface area (Å²) in [6.45, 7) is 1.19. The molecule has 2 rings (SSSR count). The molecule has 0 unspecified atom stereocenters. The lowest BCUT2D eigenvalue weighted by molar-refractivity contribution is 0.248. The lowest BCUT2D eigenvalue weighted by Crippen LogP contribution is -2.30. The predicted molar refractivity (Wildman–Crippen MR) is 72.7 cm³/mol. The fourth-order valence-corrected chi connectivity index (χ4v) is 2.75. The average molecular weight is 282 g/mol. The molecule has 0 radical (unpaired) electrons. The molecular weight excluding hydrogens is 262 g/mol. The molecule has 1 aromatic carbocycles. The second-order valence-corrected chi connectivity index (χ2v) is 5.71. The zero-order valence-corrected chi connectivity index (χ0v) is 11.5. The van der Waals surface area contributed by atoms with E-state index in [-0.39, 0.29) is 0 Å². The van der Waals surface area contributed by atoms with Crippen LogP contribution in [0.25, 0.3) is 0 Å². The molecule has 1 aliphatic rings. The third kappa shape index (κ3) is 3.33. The Kier molecular flexibility index (Phi) is 4.42. The minimum atomic E-state index is 0.843. The number of hydrogen-bond donors (Lipinski definition) is 0. The molecule has 0 bridgehead atoms. The van der Waals surface area contributed by atoms with Crippen molar-refractivity contribution in [1.82, 2.24) is 4.90 Å². The van der Waals surface area contributed by atoms with Gasteiger partial charge in [0.25, 0.3) is 0 Å². The van der Waals surface area contributed by atoms with Crippen LogP contribution in [0.4, 0.5) is 0 Å². The highest BCUT2D eigenvalue weighted by Gasteiger charge is 2.18. The first-order valence-corrected chi connectivity index (χ1v) is 7.00. The normalized spacial score (nSPS) is 17.2. The van der Waals surface area contributed by atoms with E-state index in [4.69, 9.17) is 0 Å². The van der Waals surface area contributed by atoms with Crippen LogP contribution < -0.4 is 0 Å². The number of benzene rings is 1. The molecule has 0 atom stereocenters. The minimum Gasteiger partial charge on any atom is -0.303 e. The molecule has 0 spiro atoms. The molecule has 0 aliphatic heterocycles. The van der Waals surface area contributed by atoms with E-state index >= 15 is 0 Å². The van der Waals surface area contributed by atoms with Crippen molar-refractivity contribution in [3.63, 3.8) is 0 Å². The van der Waals surface area contributed by atoms with Crippen molar-refractivity contribution < 1.29 is 0 Å². The number of halogens is 1. The molecule has 0 amide bonds. The van der Waals surface area contributed by atoms with Gasteiger partial charge in [0.2, 0.25) is 0 Å².